The summed E-state index contributed by atoms with van der Waals surface area (Å²) >= 11 is 0. The van der Waals surface area contributed by atoms with Gasteiger partial charge < -0.3 is 9.84 Å². The van der Waals surface area contributed by atoms with Gasteiger partial charge in [0, 0.05) is 19.6 Å². The second-order valence-corrected chi connectivity index (χ2v) is 2.93. The molecule has 0 aliphatic carbocycles. The molecule has 1 unspecified atom stereocenters. The van der Waals surface area contributed by atoms with Crippen LogP contribution in [0.25, 0.3) is 0 Å². The zero-order chi connectivity index (χ0) is 8.10. The second kappa shape index (κ2) is 4.38. The number of aliphatic hydroxyl groups excluding tert-OH is 1. The van der Waals surface area contributed by atoms with Gasteiger partial charge in [0.2, 0.25) is 0 Å². The summed E-state index contributed by atoms with van der Waals surface area (Å²) in [4.78, 5) is 0. The molecule has 0 saturated carbocycles. The van der Waals surface area contributed by atoms with E-state index in [0.717, 1.165) is 26.1 Å². The highest BCUT2D eigenvalue weighted by molar-refractivity contribution is 4.89. The third kappa shape index (κ3) is 2.53. The van der Waals surface area contributed by atoms with Crippen LogP contribution < -0.4 is 0 Å². The lowest BCUT2D eigenvalue weighted by molar-refractivity contribution is 0.0102. The van der Waals surface area contributed by atoms with Gasteiger partial charge in [-0.15, -0.1) is 12.3 Å². The first-order valence-electron chi connectivity index (χ1n) is 4.04. The summed E-state index contributed by atoms with van der Waals surface area (Å²) in [5.74, 6) is 2.83. The second-order valence-electron chi connectivity index (χ2n) is 2.93. The van der Waals surface area contributed by atoms with Gasteiger partial charge in [0.05, 0.1) is 6.10 Å². The molecule has 1 aliphatic heterocycles. The molecule has 1 rings (SSSR count). The number of hydrogen-bond donors (Lipinski definition) is 1. The van der Waals surface area contributed by atoms with Crippen LogP contribution >= 0.6 is 0 Å². The Morgan fingerprint density at radius 1 is 1.55 bits per heavy atom. The third-order valence-corrected chi connectivity index (χ3v) is 2.14. The average Bonchev–Trinajstić information content (AvgIpc) is 2.07. The molecule has 1 atom stereocenters. The number of terminal acetylenes is 1. The van der Waals surface area contributed by atoms with Crippen LogP contribution in [-0.2, 0) is 4.74 Å². The Hall–Kier alpha value is -0.520. The summed E-state index contributed by atoms with van der Waals surface area (Å²) in [5.41, 5.74) is 0. The Labute approximate surface area is 67.6 Å². The Balaban J connectivity index is 2.27. The first-order valence-corrected chi connectivity index (χ1v) is 4.04. The summed E-state index contributed by atoms with van der Waals surface area (Å²) in [5, 5.41) is 9.48. The van der Waals surface area contributed by atoms with E-state index >= 15 is 0 Å². The molecule has 1 heterocycles. The van der Waals surface area contributed by atoms with Gasteiger partial charge in [-0.25, -0.2) is 0 Å². The van der Waals surface area contributed by atoms with Crippen LogP contribution in [0.15, 0.2) is 0 Å². The summed E-state index contributed by atoms with van der Waals surface area (Å²) in [6.45, 7) is 1.54. The normalized spacial score (nSPS) is 22.5. The molecule has 1 aliphatic rings. The minimum Gasteiger partial charge on any atom is -0.392 e. The van der Waals surface area contributed by atoms with Crippen LogP contribution in [0.1, 0.15) is 19.3 Å². The van der Waals surface area contributed by atoms with E-state index in [1.165, 1.54) is 0 Å². The van der Waals surface area contributed by atoms with Gasteiger partial charge in [-0.3, -0.25) is 0 Å². The molecule has 62 valence electrons. The van der Waals surface area contributed by atoms with Gasteiger partial charge in [0.1, 0.15) is 0 Å². The van der Waals surface area contributed by atoms with Crippen LogP contribution in [-0.4, -0.2) is 24.4 Å². The zero-order valence-electron chi connectivity index (χ0n) is 6.62. The van der Waals surface area contributed by atoms with Crippen molar-refractivity contribution in [1.82, 2.24) is 0 Å². The minimum atomic E-state index is -0.316. The molecule has 0 aromatic heterocycles. The maximum atomic E-state index is 9.48. The monoisotopic (exact) mass is 154 g/mol. The largest absolute Gasteiger partial charge is 0.392 e. The Morgan fingerprint density at radius 3 is 2.73 bits per heavy atom. The van der Waals surface area contributed by atoms with E-state index in [2.05, 4.69) is 5.92 Å². The molecule has 0 spiro atoms. The summed E-state index contributed by atoms with van der Waals surface area (Å²) in [6, 6.07) is 0. The molecular weight excluding hydrogens is 140 g/mol. The molecule has 0 amide bonds. The van der Waals surface area contributed by atoms with Crippen molar-refractivity contribution in [3.05, 3.63) is 0 Å². The standard InChI is InChI=1S/C9H14O2/c1-2-3-9(10)8-4-6-11-7-5-8/h1,8-10H,3-7H2. The van der Waals surface area contributed by atoms with Gasteiger partial charge in [0.15, 0.2) is 0 Å². The molecule has 0 bridgehead atoms. The van der Waals surface area contributed by atoms with Crippen molar-refractivity contribution < 1.29 is 9.84 Å². The minimum absolute atomic E-state index is 0.316. The van der Waals surface area contributed by atoms with E-state index in [1.54, 1.807) is 0 Å². The molecule has 1 N–H and O–H groups in total. The fourth-order valence-corrected chi connectivity index (χ4v) is 1.39. The Morgan fingerprint density at radius 2 is 2.18 bits per heavy atom. The number of aliphatic hydroxyl groups is 1. The van der Waals surface area contributed by atoms with Crippen molar-refractivity contribution in [1.29, 1.82) is 0 Å². The van der Waals surface area contributed by atoms with Gasteiger partial charge in [-0.05, 0) is 18.8 Å². The molecule has 1 fully saturated rings. The maximum Gasteiger partial charge on any atom is 0.0679 e. The average molecular weight is 154 g/mol. The first kappa shape index (κ1) is 8.58. The SMILES string of the molecule is C#CCC(O)C1CCOCC1. The van der Waals surface area contributed by atoms with Crippen LogP contribution in [0.4, 0.5) is 0 Å². The van der Waals surface area contributed by atoms with E-state index in [1.807, 2.05) is 0 Å². The molecule has 0 aromatic carbocycles. The van der Waals surface area contributed by atoms with E-state index in [-0.39, 0.29) is 6.10 Å². The molecule has 0 aromatic rings. The number of rotatable bonds is 2. The van der Waals surface area contributed by atoms with Gasteiger partial charge in [-0.1, -0.05) is 0 Å². The highest BCUT2D eigenvalue weighted by Gasteiger charge is 2.20. The van der Waals surface area contributed by atoms with Crippen LogP contribution in [0.2, 0.25) is 0 Å². The van der Waals surface area contributed by atoms with Crippen LogP contribution in [0, 0.1) is 18.3 Å². The lowest BCUT2D eigenvalue weighted by Gasteiger charge is -2.25. The fraction of sp³-hybridized carbons (Fsp3) is 0.778. The number of hydrogen-bond acceptors (Lipinski definition) is 2. The third-order valence-electron chi connectivity index (χ3n) is 2.14. The smallest absolute Gasteiger partial charge is 0.0679 e. The van der Waals surface area contributed by atoms with Crippen LogP contribution in [0.5, 0.6) is 0 Å². The highest BCUT2D eigenvalue weighted by Crippen LogP contribution is 2.20. The van der Waals surface area contributed by atoms with Gasteiger partial charge in [-0.2, -0.15) is 0 Å². The van der Waals surface area contributed by atoms with E-state index in [4.69, 9.17) is 11.2 Å². The van der Waals surface area contributed by atoms with Crippen molar-refractivity contribution in [2.45, 2.75) is 25.4 Å². The summed E-state index contributed by atoms with van der Waals surface area (Å²) in [7, 11) is 0. The molecule has 2 heteroatoms. The molecule has 2 nitrogen and oxygen atoms in total. The fourth-order valence-electron chi connectivity index (χ4n) is 1.39. The predicted octanol–water partition coefficient (Wildman–Crippen LogP) is 0.797. The lowest BCUT2D eigenvalue weighted by Crippen LogP contribution is -2.26. The molecule has 0 radical (unpaired) electrons. The van der Waals surface area contributed by atoms with Crippen molar-refractivity contribution in [3.8, 4) is 12.3 Å². The van der Waals surface area contributed by atoms with E-state index in [0.29, 0.717) is 12.3 Å². The first-order chi connectivity index (χ1) is 5.34. The number of ether oxygens (including phenoxy) is 1. The van der Waals surface area contributed by atoms with E-state index < -0.39 is 0 Å². The maximum absolute atomic E-state index is 9.48. The highest BCUT2D eigenvalue weighted by atomic mass is 16.5. The molecular formula is C9H14O2. The quantitative estimate of drug-likeness (QED) is 0.596. The topological polar surface area (TPSA) is 29.5 Å². The van der Waals surface area contributed by atoms with Gasteiger partial charge >= 0.3 is 0 Å². The molecule has 1 saturated heterocycles. The van der Waals surface area contributed by atoms with E-state index in [9.17, 15) is 5.11 Å². The van der Waals surface area contributed by atoms with Crippen molar-refractivity contribution in [2.75, 3.05) is 13.2 Å². The summed E-state index contributed by atoms with van der Waals surface area (Å²) in [6.07, 6.45) is 7.15. The van der Waals surface area contributed by atoms with Crippen LogP contribution in [0.3, 0.4) is 0 Å². The molecule has 11 heavy (non-hydrogen) atoms. The summed E-state index contributed by atoms with van der Waals surface area (Å²) < 4.78 is 5.17. The predicted molar refractivity (Wildman–Crippen MR) is 43.0 cm³/mol. The Kier molecular flexibility index (Phi) is 3.41. The lowest BCUT2D eigenvalue weighted by atomic mass is 9.92. The van der Waals surface area contributed by atoms with Crippen molar-refractivity contribution >= 4 is 0 Å². The van der Waals surface area contributed by atoms with Gasteiger partial charge in [0.25, 0.3) is 0 Å². The van der Waals surface area contributed by atoms with Crippen molar-refractivity contribution in [2.24, 2.45) is 5.92 Å². The zero-order valence-corrected chi connectivity index (χ0v) is 6.62. The van der Waals surface area contributed by atoms with Crippen molar-refractivity contribution in [3.63, 3.8) is 0 Å². The Bertz CT molecular complexity index is 142.